The summed E-state index contributed by atoms with van der Waals surface area (Å²) >= 11 is 0. The Morgan fingerprint density at radius 2 is 2.04 bits per heavy atom. The number of urea groups is 1. The SMILES string of the molecule is COc1ccnc(CNC(=O)NCC2CCCC2c2ccccc2)c1F. The highest BCUT2D eigenvalue weighted by molar-refractivity contribution is 5.73. The molecular weight excluding hydrogens is 333 g/mol. The first-order valence-corrected chi connectivity index (χ1v) is 8.93. The molecule has 1 saturated carbocycles. The van der Waals surface area contributed by atoms with Gasteiger partial charge in [-0.15, -0.1) is 0 Å². The van der Waals surface area contributed by atoms with Crippen LogP contribution in [0.5, 0.6) is 5.75 Å². The number of nitrogens with one attached hydrogen (secondary N) is 2. The molecule has 3 rings (SSSR count). The summed E-state index contributed by atoms with van der Waals surface area (Å²) in [5, 5.41) is 5.57. The van der Waals surface area contributed by atoms with Gasteiger partial charge in [-0.3, -0.25) is 4.98 Å². The number of methoxy groups -OCH3 is 1. The molecule has 2 aromatic rings. The lowest BCUT2D eigenvalue weighted by atomic mass is 9.89. The molecule has 0 aliphatic heterocycles. The van der Waals surface area contributed by atoms with E-state index in [0.717, 1.165) is 12.8 Å². The van der Waals surface area contributed by atoms with Crippen LogP contribution in [0, 0.1) is 11.7 Å². The van der Waals surface area contributed by atoms with Crippen LogP contribution in [0.4, 0.5) is 9.18 Å². The number of pyridine rings is 1. The van der Waals surface area contributed by atoms with Gasteiger partial charge >= 0.3 is 6.03 Å². The number of carbonyl (C=O) groups is 1. The monoisotopic (exact) mass is 357 g/mol. The van der Waals surface area contributed by atoms with Crippen molar-refractivity contribution in [1.29, 1.82) is 0 Å². The number of amides is 2. The summed E-state index contributed by atoms with van der Waals surface area (Å²) in [6, 6.07) is 11.6. The molecule has 1 aliphatic rings. The molecule has 0 radical (unpaired) electrons. The van der Waals surface area contributed by atoms with Crippen LogP contribution in [0.1, 0.15) is 36.4 Å². The number of benzene rings is 1. The highest BCUT2D eigenvalue weighted by Gasteiger charge is 2.28. The molecule has 1 aromatic heterocycles. The van der Waals surface area contributed by atoms with Crippen molar-refractivity contribution >= 4 is 6.03 Å². The summed E-state index contributed by atoms with van der Waals surface area (Å²) in [6.07, 6.45) is 4.88. The topological polar surface area (TPSA) is 63.2 Å². The van der Waals surface area contributed by atoms with Crippen LogP contribution in [0.25, 0.3) is 0 Å². The maximum Gasteiger partial charge on any atom is 0.315 e. The van der Waals surface area contributed by atoms with Gasteiger partial charge in [-0.2, -0.15) is 0 Å². The number of hydrogen-bond acceptors (Lipinski definition) is 3. The minimum absolute atomic E-state index is 0.0155. The maximum absolute atomic E-state index is 14.0. The Labute approximate surface area is 153 Å². The van der Waals surface area contributed by atoms with Gasteiger partial charge in [0.2, 0.25) is 0 Å². The standard InChI is InChI=1S/C20H24FN3O2/c1-26-18-10-11-22-17(19(18)21)13-24-20(25)23-12-15-8-5-9-16(15)14-6-3-2-4-7-14/h2-4,6-7,10-11,15-16H,5,8-9,12-13H2,1H3,(H2,23,24,25). The number of hydrogen-bond donors (Lipinski definition) is 2. The third kappa shape index (κ3) is 4.31. The molecule has 6 heteroatoms. The fourth-order valence-corrected chi connectivity index (χ4v) is 3.62. The van der Waals surface area contributed by atoms with Gasteiger partial charge in [-0.1, -0.05) is 36.8 Å². The van der Waals surface area contributed by atoms with E-state index in [9.17, 15) is 9.18 Å². The molecule has 1 heterocycles. The smallest absolute Gasteiger partial charge is 0.315 e. The molecule has 1 fully saturated rings. The van der Waals surface area contributed by atoms with Crippen molar-refractivity contribution in [2.75, 3.05) is 13.7 Å². The summed E-state index contributed by atoms with van der Waals surface area (Å²) in [4.78, 5) is 16.0. The first-order valence-electron chi connectivity index (χ1n) is 8.93. The van der Waals surface area contributed by atoms with Gasteiger partial charge in [-0.05, 0) is 30.2 Å². The van der Waals surface area contributed by atoms with E-state index in [1.807, 2.05) is 6.07 Å². The van der Waals surface area contributed by atoms with Gasteiger partial charge in [0.15, 0.2) is 11.6 Å². The third-order valence-corrected chi connectivity index (χ3v) is 4.97. The number of carbonyl (C=O) groups excluding carboxylic acids is 1. The second-order valence-electron chi connectivity index (χ2n) is 6.55. The lowest BCUT2D eigenvalue weighted by Crippen LogP contribution is -2.38. The minimum atomic E-state index is -0.546. The highest BCUT2D eigenvalue weighted by Crippen LogP contribution is 2.39. The van der Waals surface area contributed by atoms with E-state index in [1.165, 1.54) is 31.4 Å². The van der Waals surface area contributed by atoms with Crippen LogP contribution in [-0.4, -0.2) is 24.7 Å². The molecule has 2 N–H and O–H groups in total. The lowest BCUT2D eigenvalue weighted by Gasteiger charge is -2.20. The van der Waals surface area contributed by atoms with E-state index < -0.39 is 5.82 Å². The summed E-state index contributed by atoms with van der Waals surface area (Å²) in [5.41, 5.74) is 1.49. The number of nitrogens with zero attached hydrogens (tertiary/aromatic N) is 1. The molecule has 5 nitrogen and oxygen atoms in total. The first-order chi connectivity index (χ1) is 12.7. The van der Waals surface area contributed by atoms with Gasteiger partial charge in [0.25, 0.3) is 0 Å². The fraction of sp³-hybridized carbons (Fsp3) is 0.400. The van der Waals surface area contributed by atoms with E-state index in [0.29, 0.717) is 18.4 Å². The number of rotatable bonds is 6. The largest absolute Gasteiger partial charge is 0.494 e. The van der Waals surface area contributed by atoms with Gasteiger partial charge in [0, 0.05) is 18.8 Å². The summed E-state index contributed by atoms with van der Waals surface area (Å²) in [6.45, 7) is 0.626. The Balaban J connectivity index is 1.50. The quantitative estimate of drug-likeness (QED) is 0.830. The van der Waals surface area contributed by atoms with Crippen molar-refractivity contribution < 1.29 is 13.9 Å². The van der Waals surface area contributed by atoms with Crippen molar-refractivity contribution in [3.05, 3.63) is 59.7 Å². The normalized spacial score (nSPS) is 19.2. The van der Waals surface area contributed by atoms with E-state index >= 15 is 0 Å². The Morgan fingerprint density at radius 1 is 1.23 bits per heavy atom. The van der Waals surface area contributed by atoms with Crippen molar-refractivity contribution in [2.24, 2.45) is 5.92 Å². The van der Waals surface area contributed by atoms with Crippen molar-refractivity contribution in [1.82, 2.24) is 15.6 Å². The van der Waals surface area contributed by atoms with Crippen molar-refractivity contribution in [3.8, 4) is 5.75 Å². The molecule has 1 aliphatic carbocycles. The second-order valence-corrected chi connectivity index (χ2v) is 6.55. The van der Waals surface area contributed by atoms with Crippen LogP contribution in [0.3, 0.4) is 0 Å². The van der Waals surface area contributed by atoms with E-state index in [4.69, 9.17) is 4.74 Å². The fourth-order valence-electron chi connectivity index (χ4n) is 3.62. The number of halogens is 1. The molecule has 2 atom stereocenters. The molecule has 1 aromatic carbocycles. The Morgan fingerprint density at radius 3 is 2.81 bits per heavy atom. The molecule has 26 heavy (non-hydrogen) atoms. The summed E-state index contributed by atoms with van der Waals surface area (Å²) in [5.74, 6) is 0.480. The molecule has 0 saturated heterocycles. The Hall–Kier alpha value is -2.63. The number of ether oxygens (including phenoxy) is 1. The average molecular weight is 357 g/mol. The number of aromatic nitrogens is 1. The van der Waals surface area contributed by atoms with E-state index in [1.54, 1.807) is 0 Å². The van der Waals surface area contributed by atoms with Crippen LogP contribution >= 0.6 is 0 Å². The predicted octanol–water partition coefficient (Wildman–Crippen LogP) is 3.61. The van der Waals surface area contributed by atoms with Gasteiger partial charge in [-0.25, -0.2) is 9.18 Å². The molecule has 0 bridgehead atoms. The van der Waals surface area contributed by atoms with E-state index in [-0.39, 0.29) is 24.0 Å². The third-order valence-electron chi connectivity index (χ3n) is 4.97. The Bertz CT molecular complexity index is 739. The van der Waals surface area contributed by atoms with Crippen LogP contribution < -0.4 is 15.4 Å². The van der Waals surface area contributed by atoms with Crippen LogP contribution in [-0.2, 0) is 6.54 Å². The average Bonchev–Trinajstić information content (AvgIpc) is 3.15. The highest BCUT2D eigenvalue weighted by atomic mass is 19.1. The zero-order chi connectivity index (χ0) is 18.4. The maximum atomic E-state index is 14.0. The van der Waals surface area contributed by atoms with Crippen LogP contribution in [0.15, 0.2) is 42.6 Å². The zero-order valence-corrected chi connectivity index (χ0v) is 14.9. The molecule has 2 unspecified atom stereocenters. The second kappa shape index (κ2) is 8.65. The van der Waals surface area contributed by atoms with E-state index in [2.05, 4.69) is 39.9 Å². The minimum Gasteiger partial charge on any atom is -0.494 e. The Kier molecular flexibility index (Phi) is 6.04. The molecule has 138 valence electrons. The summed E-state index contributed by atoms with van der Waals surface area (Å²) in [7, 11) is 1.40. The summed E-state index contributed by atoms with van der Waals surface area (Å²) < 4.78 is 19.0. The first kappa shape index (κ1) is 18.2. The van der Waals surface area contributed by atoms with Gasteiger partial charge in [0.05, 0.1) is 19.3 Å². The predicted molar refractivity (Wildman–Crippen MR) is 97.5 cm³/mol. The van der Waals surface area contributed by atoms with Crippen molar-refractivity contribution in [3.63, 3.8) is 0 Å². The zero-order valence-electron chi connectivity index (χ0n) is 14.9. The molecule has 0 spiro atoms. The van der Waals surface area contributed by atoms with Gasteiger partial charge in [0.1, 0.15) is 0 Å². The molecule has 2 amide bonds. The lowest BCUT2D eigenvalue weighted by molar-refractivity contribution is 0.237. The molecular formula is C20H24FN3O2. The van der Waals surface area contributed by atoms with Crippen molar-refractivity contribution in [2.45, 2.75) is 31.7 Å². The van der Waals surface area contributed by atoms with Gasteiger partial charge < -0.3 is 15.4 Å². The van der Waals surface area contributed by atoms with Crippen LogP contribution in [0.2, 0.25) is 0 Å².